The number of carbonyl (C=O) groups is 3. The van der Waals surface area contributed by atoms with Gasteiger partial charge in [-0.3, -0.25) is 14.4 Å². The molecule has 164 valence electrons. The molecule has 0 spiro atoms. The van der Waals surface area contributed by atoms with Crippen molar-refractivity contribution < 1.29 is 23.9 Å². The van der Waals surface area contributed by atoms with Crippen molar-refractivity contribution in [3.63, 3.8) is 0 Å². The summed E-state index contributed by atoms with van der Waals surface area (Å²) in [4.78, 5) is 36.3. The summed E-state index contributed by atoms with van der Waals surface area (Å²) in [6.45, 7) is 1.51. The van der Waals surface area contributed by atoms with E-state index >= 15 is 0 Å². The molecule has 0 aromatic heterocycles. The minimum absolute atomic E-state index is 0.0430. The molecule has 0 fully saturated rings. The van der Waals surface area contributed by atoms with Crippen LogP contribution in [-0.4, -0.2) is 30.9 Å². The smallest absolute Gasteiger partial charge is 0.308 e. The summed E-state index contributed by atoms with van der Waals surface area (Å²) in [5, 5.41) is 5.35. The lowest BCUT2D eigenvalue weighted by atomic mass is 10.1. The van der Waals surface area contributed by atoms with Crippen molar-refractivity contribution in [2.45, 2.75) is 13.3 Å². The maximum atomic E-state index is 12.2. The van der Waals surface area contributed by atoms with Crippen molar-refractivity contribution in [3.05, 3.63) is 90.0 Å². The summed E-state index contributed by atoms with van der Waals surface area (Å²) in [7, 11) is 0. The monoisotopic (exact) mass is 432 g/mol. The van der Waals surface area contributed by atoms with Crippen molar-refractivity contribution in [2.75, 3.05) is 18.5 Å². The van der Waals surface area contributed by atoms with Crippen LogP contribution in [0.4, 0.5) is 5.69 Å². The van der Waals surface area contributed by atoms with E-state index in [-0.39, 0.29) is 18.9 Å². The van der Waals surface area contributed by atoms with Gasteiger partial charge in [0, 0.05) is 12.1 Å². The van der Waals surface area contributed by atoms with Gasteiger partial charge < -0.3 is 20.1 Å². The van der Waals surface area contributed by atoms with Crippen LogP contribution in [0.25, 0.3) is 0 Å². The number of hydrogen-bond acceptors (Lipinski definition) is 5. The topological polar surface area (TPSA) is 93.7 Å². The first kappa shape index (κ1) is 22.6. The van der Waals surface area contributed by atoms with Crippen molar-refractivity contribution >= 4 is 23.5 Å². The van der Waals surface area contributed by atoms with Gasteiger partial charge in [0.25, 0.3) is 11.8 Å². The third-order valence-corrected chi connectivity index (χ3v) is 4.50. The van der Waals surface area contributed by atoms with Gasteiger partial charge in [-0.2, -0.15) is 0 Å². The van der Waals surface area contributed by atoms with Gasteiger partial charge in [0.05, 0.1) is 12.1 Å². The van der Waals surface area contributed by atoms with Crippen LogP contribution in [0.3, 0.4) is 0 Å². The lowest BCUT2D eigenvalue weighted by Crippen LogP contribution is -2.28. The van der Waals surface area contributed by atoms with Gasteiger partial charge in [-0.25, -0.2) is 0 Å². The molecule has 2 N–H and O–H groups in total. The van der Waals surface area contributed by atoms with Crippen LogP contribution in [-0.2, 0) is 14.3 Å². The Labute approximate surface area is 186 Å². The molecule has 3 rings (SSSR count). The fraction of sp³-hybridized carbons (Fsp3) is 0.160. The van der Waals surface area contributed by atoms with Gasteiger partial charge in [0.15, 0.2) is 12.4 Å². The molecule has 0 aliphatic heterocycles. The molecule has 0 unspecified atom stereocenters. The molecule has 0 bridgehead atoms. The largest absolute Gasteiger partial charge is 0.456 e. The normalized spacial score (nSPS) is 10.2. The maximum absolute atomic E-state index is 12.2. The van der Waals surface area contributed by atoms with Gasteiger partial charge in [-0.1, -0.05) is 48.5 Å². The van der Waals surface area contributed by atoms with Gasteiger partial charge in [0.1, 0.15) is 5.75 Å². The fourth-order valence-corrected chi connectivity index (χ4v) is 2.88. The lowest BCUT2D eigenvalue weighted by Gasteiger charge is -2.12. The molecule has 32 heavy (non-hydrogen) atoms. The van der Waals surface area contributed by atoms with E-state index in [1.807, 2.05) is 37.3 Å². The molecule has 7 nitrogen and oxygen atoms in total. The van der Waals surface area contributed by atoms with E-state index in [9.17, 15) is 14.4 Å². The van der Waals surface area contributed by atoms with Crippen LogP contribution in [0.2, 0.25) is 0 Å². The van der Waals surface area contributed by atoms with E-state index in [1.165, 1.54) is 0 Å². The number of esters is 1. The second kappa shape index (κ2) is 11.3. The molecule has 0 saturated heterocycles. The summed E-state index contributed by atoms with van der Waals surface area (Å²) >= 11 is 0. The first-order valence-corrected chi connectivity index (χ1v) is 10.1. The van der Waals surface area contributed by atoms with Crippen LogP contribution in [0.1, 0.15) is 22.3 Å². The summed E-state index contributed by atoms with van der Waals surface area (Å²) in [5.41, 5.74) is 1.86. The molecule has 0 radical (unpaired) electrons. The predicted molar refractivity (Wildman–Crippen MR) is 121 cm³/mol. The zero-order valence-corrected chi connectivity index (χ0v) is 17.7. The maximum Gasteiger partial charge on any atom is 0.308 e. The average Bonchev–Trinajstić information content (AvgIpc) is 2.80. The van der Waals surface area contributed by atoms with E-state index in [4.69, 9.17) is 9.47 Å². The first-order valence-electron chi connectivity index (χ1n) is 10.1. The highest BCUT2D eigenvalue weighted by Crippen LogP contribution is 2.28. The third kappa shape index (κ3) is 6.70. The van der Waals surface area contributed by atoms with Crippen LogP contribution in [0.15, 0.2) is 78.9 Å². The van der Waals surface area contributed by atoms with Crippen molar-refractivity contribution in [1.82, 2.24) is 5.32 Å². The van der Waals surface area contributed by atoms with E-state index in [2.05, 4.69) is 10.6 Å². The molecular formula is C25H24N2O5. The molecule has 7 heteroatoms. The number of para-hydroxylation sites is 3. The highest BCUT2D eigenvalue weighted by Gasteiger charge is 2.12. The summed E-state index contributed by atoms with van der Waals surface area (Å²) in [6.07, 6.45) is -0.0430. The number of aryl methyl sites for hydroxylation is 1. The average molecular weight is 432 g/mol. The quantitative estimate of drug-likeness (QED) is 0.497. The van der Waals surface area contributed by atoms with Crippen LogP contribution < -0.4 is 15.4 Å². The number of benzene rings is 3. The summed E-state index contributed by atoms with van der Waals surface area (Å²) in [5.74, 6) is -0.236. The van der Waals surface area contributed by atoms with E-state index in [1.54, 1.807) is 48.5 Å². The molecule has 0 saturated carbocycles. The molecule has 3 aromatic rings. The molecule has 2 amide bonds. The second-order valence-corrected chi connectivity index (χ2v) is 6.94. The molecule has 0 aliphatic carbocycles. The van der Waals surface area contributed by atoms with Crippen molar-refractivity contribution in [2.24, 2.45) is 0 Å². The van der Waals surface area contributed by atoms with Gasteiger partial charge in [-0.05, 0) is 42.8 Å². The number of nitrogens with one attached hydrogen (secondary N) is 2. The lowest BCUT2D eigenvalue weighted by molar-refractivity contribution is -0.147. The molecule has 3 aromatic carbocycles. The highest BCUT2D eigenvalue weighted by atomic mass is 16.5. The number of carbonyl (C=O) groups excluding carboxylic acids is 3. The zero-order chi connectivity index (χ0) is 22.8. The van der Waals surface area contributed by atoms with Gasteiger partial charge >= 0.3 is 5.97 Å². The Hall–Kier alpha value is -4.13. The van der Waals surface area contributed by atoms with Crippen molar-refractivity contribution in [3.8, 4) is 11.5 Å². The molecular weight excluding hydrogens is 408 g/mol. The van der Waals surface area contributed by atoms with E-state index < -0.39 is 18.5 Å². The second-order valence-electron chi connectivity index (χ2n) is 6.94. The Balaban J connectivity index is 1.43. The summed E-state index contributed by atoms with van der Waals surface area (Å²) < 4.78 is 10.8. The van der Waals surface area contributed by atoms with Crippen LogP contribution in [0, 0.1) is 6.92 Å². The fourth-order valence-electron chi connectivity index (χ4n) is 2.88. The van der Waals surface area contributed by atoms with Crippen LogP contribution >= 0.6 is 0 Å². The van der Waals surface area contributed by atoms with Gasteiger partial charge in [-0.15, -0.1) is 0 Å². The van der Waals surface area contributed by atoms with Gasteiger partial charge in [0.2, 0.25) is 0 Å². The standard InChI is InChI=1S/C25H24N2O5/c1-18-9-5-6-12-20(18)25(30)26-16-15-24(29)31-17-23(28)27-21-13-7-8-14-22(21)32-19-10-3-2-4-11-19/h2-14H,15-17H2,1H3,(H,26,30)(H,27,28). The Kier molecular flexibility index (Phi) is 7.97. The Morgan fingerprint density at radius 2 is 1.53 bits per heavy atom. The molecule has 0 aliphatic rings. The first-order chi connectivity index (χ1) is 15.5. The Morgan fingerprint density at radius 1 is 0.844 bits per heavy atom. The minimum atomic E-state index is -0.584. The number of anilines is 1. The Bertz CT molecular complexity index is 1080. The van der Waals surface area contributed by atoms with Crippen molar-refractivity contribution in [1.29, 1.82) is 0 Å². The zero-order valence-electron chi connectivity index (χ0n) is 17.7. The molecule has 0 atom stereocenters. The number of amides is 2. The summed E-state index contributed by atoms with van der Waals surface area (Å²) in [6, 6.07) is 23.3. The predicted octanol–water partition coefficient (Wildman–Crippen LogP) is 4.09. The minimum Gasteiger partial charge on any atom is -0.456 e. The molecule has 0 heterocycles. The van der Waals surface area contributed by atoms with E-state index in [0.29, 0.717) is 22.7 Å². The van der Waals surface area contributed by atoms with Crippen LogP contribution in [0.5, 0.6) is 11.5 Å². The highest BCUT2D eigenvalue weighted by molar-refractivity contribution is 5.96. The number of rotatable bonds is 9. The number of ether oxygens (including phenoxy) is 2. The Morgan fingerprint density at radius 3 is 2.31 bits per heavy atom. The number of hydrogen-bond donors (Lipinski definition) is 2. The third-order valence-electron chi connectivity index (χ3n) is 4.50. The SMILES string of the molecule is Cc1ccccc1C(=O)NCCC(=O)OCC(=O)Nc1ccccc1Oc1ccccc1. The van der Waals surface area contributed by atoms with E-state index in [0.717, 1.165) is 5.56 Å².